The molecule has 1 unspecified atom stereocenters. The van der Waals surface area contributed by atoms with Crippen LogP contribution in [-0.4, -0.2) is 49.2 Å². The van der Waals surface area contributed by atoms with Crippen molar-refractivity contribution in [2.45, 2.75) is 83.3 Å². The molecule has 0 spiro atoms. The minimum atomic E-state index is -0.573. The van der Waals surface area contributed by atoms with Gasteiger partial charge in [-0.2, -0.15) is 0 Å². The fourth-order valence-corrected chi connectivity index (χ4v) is 3.48. The van der Waals surface area contributed by atoms with Crippen LogP contribution in [0.25, 0.3) is 0 Å². The van der Waals surface area contributed by atoms with Gasteiger partial charge in [-0.25, -0.2) is 0 Å². The second-order valence-corrected chi connectivity index (χ2v) is 7.00. The Labute approximate surface area is 130 Å². The van der Waals surface area contributed by atoms with Gasteiger partial charge < -0.3 is 9.64 Å². The Hall–Kier alpha value is -0.610. The first-order valence-electron chi connectivity index (χ1n) is 8.45. The van der Waals surface area contributed by atoms with E-state index >= 15 is 0 Å². The molecule has 0 aromatic heterocycles. The highest BCUT2D eigenvalue weighted by molar-refractivity contribution is 5.80. The van der Waals surface area contributed by atoms with Crippen molar-refractivity contribution in [1.82, 2.24) is 10.2 Å². The van der Waals surface area contributed by atoms with Crippen LogP contribution >= 0.6 is 0 Å². The van der Waals surface area contributed by atoms with Crippen LogP contribution in [0.1, 0.15) is 65.7 Å². The van der Waals surface area contributed by atoms with E-state index in [1.165, 1.54) is 39.2 Å². The van der Waals surface area contributed by atoms with Gasteiger partial charge in [0.2, 0.25) is 0 Å². The fraction of sp³-hybridized carbons (Fsp3) is 0.941. The number of ether oxygens (including phenoxy) is 1. The molecular formula is C17H34N2O2. The first kappa shape index (κ1) is 18.4. The molecule has 1 fully saturated rings. The molecule has 4 heteroatoms. The normalized spacial score (nSPS) is 19.8. The zero-order chi connectivity index (χ0) is 15.9. The Morgan fingerprint density at radius 3 is 2.48 bits per heavy atom. The first-order chi connectivity index (χ1) is 9.89. The molecule has 0 amide bonds. The van der Waals surface area contributed by atoms with E-state index in [0.717, 1.165) is 25.4 Å². The molecular weight excluding hydrogens is 264 g/mol. The van der Waals surface area contributed by atoms with Crippen LogP contribution in [0, 0.1) is 0 Å². The number of carbonyl (C=O) groups is 1. The predicted molar refractivity (Wildman–Crippen MR) is 87.4 cm³/mol. The fourth-order valence-electron chi connectivity index (χ4n) is 3.48. The Morgan fingerprint density at radius 2 is 1.95 bits per heavy atom. The Balaban J connectivity index is 2.43. The first-order valence-corrected chi connectivity index (χ1v) is 8.45. The molecule has 0 aromatic rings. The van der Waals surface area contributed by atoms with Crippen LogP contribution < -0.4 is 5.32 Å². The number of hydrogen-bond donors (Lipinski definition) is 1. The van der Waals surface area contributed by atoms with Gasteiger partial charge in [0.15, 0.2) is 0 Å². The number of carbonyl (C=O) groups excluding carboxylic acids is 1. The van der Waals surface area contributed by atoms with Crippen molar-refractivity contribution in [3.05, 3.63) is 0 Å². The maximum absolute atomic E-state index is 12.0. The monoisotopic (exact) mass is 298 g/mol. The summed E-state index contributed by atoms with van der Waals surface area (Å²) < 4.78 is 4.98. The van der Waals surface area contributed by atoms with Crippen molar-refractivity contribution >= 4 is 5.97 Å². The molecule has 0 aliphatic heterocycles. The minimum absolute atomic E-state index is 0.156. The van der Waals surface area contributed by atoms with E-state index in [4.69, 9.17) is 4.74 Å². The zero-order valence-corrected chi connectivity index (χ0v) is 14.6. The lowest BCUT2D eigenvalue weighted by Gasteiger charge is -2.33. The number of esters is 1. The molecule has 0 heterocycles. The third kappa shape index (κ3) is 5.95. The Kier molecular flexibility index (Phi) is 7.67. The van der Waals surface area contributed by atoms with Crippen molar-refractivity contribution in [3.8, 4) is 0 Å². The van der Waals surface area contributed by atoms with E-state index in [1.54, 1.807) is 0 Å². The molecule has 1 saturated carbocycles. The van der Waals surface area contributed by atoms with Crippen LogP contribution in [0.3, 0.4) is 0 Å². The summed E-state index contributed by atoms with van der Waals surface area (Å²) in [6.45, 7) is 7.14. The third-order valence-corrected chi connectivity index (χ3v) is 4.63. The summed E-state index contributed by atoms with van der Waals surface area (Å²) in [4.78, 5) is 14.5. The summed E-state index contributed by atoms with van der Waals surface area (Å²) in [5, 5.41) is 3.37. The summed E-state index contributed by atoms with van der Waals surface area (Å²) in [6, 6.07) is 1.01. The molecule has 1 atom stereocenters. The van der Waals surface area contributed by atoms with Crippen LogP contribution in [0.5, 0.6) is 0 Å². The van der Waals surface area contributed by atoms with E-state index in [9.17, 15) is 4.79 Å². The Morgan fingerprint density at radius 1 is 1.33 bits per heavy atom. The minimum Gasteiger partial charge on any atom is -0.468 e. The average Bonchev–Trinajstić information content (AvgIpc) is 2.46. The topological polar surface area (TPSA) is 41.6 Å². The lowest BCUT2D eigenvalue weighted by molar-refractivity contribution is -0.148. The highest BCUT2D eigenvalue weighted by atomic mass is 16.5. The SMILES string of the molecule is COC(=O)C(C)(CCCN(C)C1CCCCC1)NC(C)C. The van der Waals surface area contributed by atoms with Gasteiger partial charge in [-0.15, -0.1) is 0 Å². The average molecular weight is 298 g/mol. The molecule has 0 aromatic carbocycles. The second-order valence-electron chi connectivity index (χ2n) is 7.00. The number of rotatable bonds is 8. The zero-order valence-electron chi connectivity index (χ0n) is 14.6. The maximum Gasteiger partial charge on any atom is 0.325 e. The van der Waals surface area contributed by atoms with Gasteiger partial charge in [0.25, 0.3) is 0 Å². The molecule has 4 nitrogen and oxygen atoms in total. The van der Waals surface area contributed by atoms with Crippen molar-refractivity contribution in [1.29, 1.82) is 0 Å². The van der Waals surface area contributed by atoms with Gasteiger partial charge in [0, 0.05) is 12.1 Å². The van der Waals surface area contributed by atoms with Crippen molar-refractivity contribution in [2.24, 2.45) is 0 Å². The molecule has 0 saturated heterocycles. The van der Waals surface area contributed by atoms with Crippen LogP contribution in [0.15, 0.2) is 0 Å². The van der Waals surface area contributed by atoms with E-state index < -0.39 is 5.54 Å². The van der Waals surface area contributed by atoms with Crippen molar-refractivity contribution in [3.63, 3.8) is 0 Å². The summed E-state index contributed by atoms with van der Waals surface area (Å²) >= 11 is 0. The van der Waals surface area contributed by atoms with E-state index in [1.807, 2.05) is 6.92 Å². The number of nitrogens with one attached hydrogen (secondary N) is 1. The van der Waals surface area contributed by atoms with Crippen molar-refractivity contribution in [2.75, 3.05) is 20.7 Å². The molecule has 0 radical (unpaired) electrons. The second kappa shape index (κ2) is 8.74. The molecule has 124 valence electrons. The largest absolute Gasteiger partial charge is 0.468 e. The van der Waals surface area contributed by atoms with Gasteiger partial charge in [-0.05, 0) is 60.0 Å². The van der Waals surface area contributed by atoms with Crippen LogP contribution in [0.4, 0.5) is 0 Å². The summed E-state index contributed by atoms with van der Waals surface area (Å²) in [7, 11) is 3.69. The molecule has 1 aliphatic rings. The maximum atomic E-state index is 12.0. The van der Waals surface area contributed by atoms with Crippen molar-refractivity contribution < 1.29 is 9.53 Å². The van der Waals surface area contributed by atoms with Crippen LogP contribution in [0.2, 0.25) is 0 Å². The molecule has 21 heavy (non-hydrogen) atoms. The number of methoxy groups -OCH3 is 1. The summed E-state index contributed by atoms with van der Waals surface area (Å²) in [6.07, 6.45) is 8.61. The van der Waals surface area contributed by atoms with Gasteiger partial charge in [0.05, 0.1) is 7.11 Å². The van der Waals surface area contributed by atoms with E-state index in [-0.39, 0.29) is 12.0 Å². The van der Waals surface area contributed by atoms with Gasteiger partial charge >= 0.3 is 5.97 Å². The van der Waals surface area contributed by atoms with E-state index in [0.29, 0.717) is 0 Å². The van der Waals surface area contributed by atoms with Gasteiger partial charge in [0.1, 0.15) is 5.54 Å². The number of hydrogen-bond acceptors (Lipinski definition) is 4. The predicted octanol–water partition coefficient (Wildman–Crippen LogP) is 2.96. The molecule has 1 aliphatic carbocycles. The lowest BCUT2D eigenvalue weighted by Crippen LogP contribution is -2.53. The smallest absolute Gasteiger partial charge is 0.325 e. The third-order valence-electron chi connectivity index (χ3n) is 4.63. The molecule has 1 N–H and O–H groups in total. The highest BCUT2D eigenvalue weighted by Crippen LogP contribution is 2.23. The quantitative estimate of drug-likeness (QED) is 0.700. The molecule has 0 bridgehead atoms. The number of nitrogens with zero attached hydrogens (tertiary/aromatic N) is 1. The van der Waals surface area contributed by atoms with E-state index in [2.05, 4.69) is 31.1 Å². The lowest BCUT2D eigenvalue weighted by atomic mass is 9.92. The van der Waals surface area contributed by atoms with Gasteiger partial charge in [-0.1, -0.05) is 19.3 Å². The standard InChI is InChI=1S/C17H34N2O2/c1-14(2)18-17(3,16(20)21-5)12-9-13-19(4)15-10-7-6-8-11-15/h14-15,18H,6-13H2,1-5H3. The summed E-state index contributed by atoms with van der Waals surface area (Å²) in [5.74, 6) is -0.156. The Bertz CT molecular complexity index is 314. The summed E-state index contributed by atoms with van der Waals surface area (Å²) in [5.41, 5.74) is -0.573. The molecule has 1 rings (SSSR count). The van der Waals surface area contributed by atoms with Crippen LogP contribution in [-0.2, 0) is 9.53 Å². The highest BCUT2D eigenvalue weighted by Gasteiger charge is 2.34. The van der Waals surface area contributed by atoms with Gasteiger partial charge in [-0.3, -0.25) is 10.1 Å².